The van der Waals surface area contributed by atoms with E-state index in [9.17, 15) is 0 Å². The Morgan fingerprint density at radius 3 is 2.71 bits per heavy atom. The summed E-state index contributed by atoms with van der Waals surface area (Å²) in [6.07, 6.45) is 4.38. The van der Waals surface area contributed by atoms with Crippen LogP contribution in [0.4, 0.5) is 0 Å². The number of piperidine rings is 1. The second kappa shape index (κ2) is 6.37. The molecule has 1 saturated heterocycles. The van der Waals surface area contributed by atoms with Crippen LogP contribution in [0.15, 0.2) is 0 Å². The highest BCUT2D eigenvalue weighted by Gasteiger charge is 2.37. The Kier molecular flexibility index (Phi) is 5.42. The van der Waals surface area contributed by atoms with Gasteiger partial charge in [0.05, 0.1) is 6.07 Å². The summed E-state index contributed by atoms with van der Waals surface area (Å²) >= 11 is 0. The van der Waals surface area contributed by atoms with Crippen molar-refractivity contribution >= 4 is 0 Å². The van der Waals surface area contributed by atoms with Gasteiger partial charge in [0.25, 0.3) is 0 Å². The van der Waals surface area contributed by atoms with Gasteiger partial charge in [-0.05, 0) is 72.8 Å². The van der Waals surface area contributed by atoms with Gasteiger partial charge >= 0.3 is 0 Å². The van der Waals surface area contributed by atoms with Gasteiger partial charge in [0.15, 0.2) is 0 Å². The lowest BCUT2D eigenvalue weighted by atomic mass is 9.77. The topological polar surface area (TPSA) is 30.3 Å². The van der Waals surface area contributed by atoms with Gasteiger partial charge in [-0.3, -0.25) is 4.90 Å². The molecule has 0 aromatic carbocycles. The maximum absolute atomic E-state index is 8.91. The van der Waals surface area contributed by atoms with E-state index in [-0.39, 0.29) is 5.54 Å². The van der Waals surface area contributed by atoms with Crippen LogP contribution in [0.2, 0.25) is 0 Å². The summed E-state index contributed by atoms with van der Waals surface area (Å²) in [5, 5.41) is 8.91. The molecule has 0 aromatic heterocycles. The molecule has 0 spiro atoms. The minimum Gasteiger partial charge on any atom is -0.309 e. The Balaban J connectivity index is 2.50. The maximum atomic E-state index is 8.91. The lowest BCUT2D eigenvalue weighted by Gasteiger charge is -2.47. The number of hydrogen-bond acceptors (Lipinski definition) is 3. The third-order valence-electron chi connectivity index (χ3n) is 4.17. The smallest absolute Gasteiger partial charge is 0.0625 e. The van der Waals surface area contributed by atoms with E-state index in [1.807, 2.05) is 0 Å². The number of rotatable bonds is 5. The van der Waals surface area contributed by atoms with E-state index in [0.717, 1.165) is 13.1 Å². The predicted octanol–water partition coefficient (Wildman–Crippen LogP) is 2.34. The zero-order valence-corrected chi connectivity index (χ0v) is 11.9. The van der Waals surface area contributed by atoms with Crippen molar-refractivity contribution in [2.24, 2.45) is 5.92 Å². The van der Waals surface area contributed by atoms with Crippen LogP contribution < -0.4 is 0 Å². The van der Waals surface area contributed by atoms with Gasteiger partial charge in [0, 0.05) is 12.0 Å². The van der Waals surface area contributed by atoms with Crippen molar-refractivity contribution in [1.82, 2.24) is 9.80 Å². The van der Waals surface area contributed by atoms with Crippen LogP contribution in [-0.4, -0.2) is 49.1 Å². The first-order chi connectivity index (χ1) is 7.98. The van der Waals surface area contributed by atoms with Gasteiger partial charge < -0.3 is 4.90 Å². The number of hydrogen-bond donors (Lipinski definition) is 0. The molecule has 17 heavy (non-hydrogen) atoms. The molecule has 1 heterocycles. The van der Waals surface area contributed by atoms with Crippen LogP contribution in [0.1, 0.15) is 39.5 Å². The molecule has 0 radical (unpaired) electrons. The second-order valence-electron chi connectivity index (χ2n) is 6.00. The number of nitrogens with zero attached hydrogens (tertiary/aromatic N) is 3. The molecule has 0 bridgehead atoms. The summed E-state index contributed by atoms with van der Waals surface area (Å²) in [6, 6.07) is 2.35. The van der Waals surface area contributed by atoms with Crippen LogP contribution in [-0.2, 0) is 0 Å². The molecule has 0 aromatic rings. The van der Waals surface area contributed by atoms with Crippen molar-refractivity contribution in [3.63, 3.8) is 0 Å². The summed E-state index contributed by atoms with van der Waals surface area (Å²) in [7, 11) is 4.25. The molecule has 1 aliphatic rings. The standard InChI is InChI=1S/C14H27N3/c1-14(2)13(8-9-15)7-5-11-17(14)12-6-10-16(3)4/h13H,5-8,10-12H2,1-4H3. The normalized spacial score (nSPS) is 24.8. The van der Waals surface area contributed by atoms with E-state index >= 15 is 0 Å². The molecule has 1 aliphatic heterocycles. The quantitative estimate of drug-likeness (QED) is 0.735. The third-order valence-corrected chi connectivity index (χ3v) is 4.17. The maximum Gasteiger partial charge on any atom is 0.0625 e. The summed E-state index contributed by atoms with van der Waals surface area (Å²) in [4.78, 5) is 4.83. The highest BCUT2D eigenvalue weighted by Crippen LogP contribution is 2.35. The van der Waals surface area contributed by atoms with Crippen LogP contribution in [0.5, 0.6) is 0 Å². The predicted molar refractivity (Wildman–Crippen MR) is 71.8 cm³/mol. The van der Waals surface area contributed by atoms with E-state index < -0.39 is 0 Å². The van der Waals surface area contributed by atoms with Crippen LogP contribution in [0, 0.1) is 17.2 Å². The summed E-state index contributed by atoms with van der Waals surface area (Å²) in [5.74, 6) is 0.542. The number of likely N-dealkylation sites (tertiary alicyclic amines) is 1. The van der Waals surface area contributed by atoms with Gasteiger partial charge in [-0.1, -0.05) is 0 Å². The van der Waals surface area contributed by atoms with Crippen molar-refractivity contribution in [2.75, 3.05) is 33.7 Å². The van der Waals surface area contributed by atoms with Gasteiger partial charge in [0.2, 0.25) is 0 Å². The molecule has 0 amide bonds. The minimum absolute atomic E-state index is 0.195. The SMILES string of the molecule is CN(C)CCCN1CCCC(CC#N)C1(C)C. The Bertz CT molecular complexity index is 265. The fourth-order valence-electron chi connectivity index (χ4n) is 2.87. The lowest BCUT2D eigenvalue weighted by molar-refractivity contribution is 0.0218. The molecule has 1 fully saturated rings. The molecule has 1 atom stereocenters. The Labute approximate surface area is 106 Å². The monoisotopic (exact) mass is 237 g/mol. The zero-order chi connectivity index (χ0) is 12.9. The van der Waals surface area contributed by atoms with Crippen molar-refractivity contribution in [3.05, 3.63) is 0 Å². The van der Waals surface area contributed by atoms with Crippen molar-refractivity contribution < 1.29 is 0 Å². The van der Waals surface area contributed by atoms with E-state index in [1.165, 1.54) is 25.8 Å². The fourth-order valence-corrected chi connectivity index (χ4v) is 2.87. The molecule has 98 valence electrons. The van der Waals surface area contributed by atoms with Gasteiger partial charge in [-0.15, -0.1) is 0 Å². The second-order valence-corrected chi connectivity index (χ2v) is 6.00. The molecule has 0 aliphatic carbocycles. The molecule has 3 heteroatoms. The molecule has 0 saturated carbocycles. The molecule has 1 rings (SSSR count). The molecule has 0 N–H and O–H groups in total. The van der Waals surface area contributed by atoms with Crippen molar-refractivity contribution in [2.45, 2.75) is 45.1 Å². The fraction of sp³-hybridized carbons (Fsp3) is 0.929. The van der Waals surface area contributed by atoms with Gasteiger partial charge in [0.1, 0.15) is 0 Å². The van der Waals surface area contributed by atoms with Gasteiger partial charge in [-0.2, -0.15) is 5.26 Å². The van der Waals surface area contributed by atoms with Crippen LogP contribution >= 0.6 is 0 Å². The summed E-state index contributed by atoms with van der Waals surface area (Å²) < 4.78 is 0. The first kappa shape index (κ1) is 14.5. The number of nitriles is 1. The summed E-state index contributed by atoms with van der Waals surface area (Å²) in [5.41, 5.74) is 0.195. The molecular formula is C14H27N3. The first-order valence-corrected chi connectivity index (χ1v) is 6.75. The van der Waals surface area contributed by atoms with Crippen molar-refractivity contribution in [3.8, 4) is 6.07 Å². The lowest BCUT2D eigenvalue weighted by Crippen LogP contribution is -2.53. The van der Waals surface area contributed by atoms with Gasteiger partial charge in [-0.25, -0.2) is 0 Å². The molecule has 1 unspecified atom stereocenters. The highest BCUT2D eigenvalue weighted by molar-refractivity contribution is 4.96. The van der Waals surface area contributed by atoms with E-state index in [2.05, 4.69) is 43.8 Å². The van der Waals surface area contributed by atoms with E-state index in [4.69, 9.17) is 5.26 Å². The van der Waals surface area contributed by atoms with Crippen LogP contribution in [0.3, 0.4) is 0 Å². The molecule has 3 nitrogen and oxygen atoms in total. The highest BCUT2D eigenvalue weighted by atomic mass is 15.2. The van der Waals surface area contributed by atoms with E-state index in [1.54, 1.807) is 0 Å². The van der Waals surface area contributed by atoms with E-state index in [0.29, 0.717) is 12.3 Å². The van der Waals surface area contributed by atoms with Crippen molar-refractivity contribution in [1.29, 1.82) is 5.26 Å². The minimum atomic E-state index is 0.195. The largest absolute Gasteiger partial charge is 0.309 e. The average Bonchev–Trinajstić information content (AvgIpc) is 2.23. The summed E-state index contributed by atoms with van der Waals surface area (Å²) in [6.45, 7) is 8.12. The first-order valence-electron chi connectivity index (χ1n) is 6.75. The molecular weight excluding hydrogens is 210 g/mol. The Hall–Kier alpha value is -0.590. The average molecular weight is 237 g/mol. The third kappa shape index (κ3) is 3.97. The zero-order valence-electron chi connectivity index (χ0n) is 11.9. The van der Waals surface area contributed by atoms with Crippen LogP contribution in [0.25, 0.3) is 0 Å². The Morgan fingerprint density at radius 2 is 2.12 bits per heavy atom. The Morgan fingerprint density at radius 1 is 1.41 bits per heavy atom.